The molecule has 0 saturated carbocycles. The number of hydrogen-bond acceptors (Lipinski definition) is 6. The van der Waals surface area contributed by atoms with E-state index in [0.717, 1.165) is 11.3 Å². The van der Waals surface area contributed by atoms with Crippen LogP contribution in [0.25, 0.3) is 0 Å². The van der Waals surface area contributed by atoms with Gasteiger partial charge in [-0.2, -0.15) is 47.9 Å². The van der Waals surface area contributed by atoms with Gasteiger partial charge in [0.25, 0.3) is 0 Å². The lowest BCUT2D eigenvalue weighted by Crippen LogP contribution is -2.63. The standard InChI is InChI=1S/C11H7F9O5S2/c12-8(13,10(16,17)18)9(14,15)11(19,20)27(21,22)24-2-5-1-23-6-3-26-4-7(6)25-5/h3-5H,1-2H2. The van der Waals surface area contributed by atoms with Crippen LogP contribution in [0.5, 0.6) is 11.5 Å². The minimum Gasteiger partial charge on any atom is -0.485 e. The second kappa shape index (κ2) is 6.58. The fourth-order valence-electron chi connectivity index (χ4n) is 1.70. The Labute approximate surface area is 148 Å². The third-order valence-electron chi connectivity index (χ3n) is 3.15. The summed E-state index contributed by atoms with van der Waals surface area (Å²) < 4.78 is 151. The quantitative estimate of drug-likeness (QED) is 0.485. The van der Waals surface area contributed by atoms with Crippen LogP contribution in [-0.2, 0) is 14.3 Å². The molecule has 5 nitrogen and oxygen atoms in total. The largest absolute Gasteiger partial charge is 0.485 e. The van der Waals surface area contributed by atoms with Gasteiger partial charge in [-0.05, 0) is 0 Å². The van der Waals surface area contributed by atoms with Gasteiger partial charge in [-0.1, -0.05) is 0 Å². The van der Waals surface area contributed by atoms with Crippen molar-refractivity contribution in [2.75, 3.05) is 13.2 Å². The average molecular weight is 454 g/mol. The molecule has 0 fully saturated rings. The van der Waals surface area contributed by atoms with Gasteiger partial charge in [0.05, 0.1) is 0 Å². The van der Waals surface area contributed by atoms with Crippen molar-refractivity contribution in [3.63, 3.8) is 0 Å². The highest BCUT2D eigenvalue weighted by Crippen LogP contribution is 2.55. The van der Waals surface area contributed by atoms with Crippen LogP contribution in [0.4, 0.5) is 39.5 Å². The Kier molecular flexibility index (Phi) is 5.33. The second-order valence-corrected chi connectivity index (χ2v) is 7.45. The van der Waals surface area contributed by atoms with Crippen molar-refractivity contribution in [2.24, 2.45) is 0 Å². The first-order chi connectivity index (χ1) is 12.0. The van der Waals surface area contributed by atoms with Gasteiger partial charge in [-0.3, -0.25) is 4.18 Å². The van der Waals surface area contributed by atoms with Gasteiger partial charge in [0.1, 0.15) is 13.2 Å². The van der Waals surface area contributed by atoms with Crippen LogP contribution in [0.3, 0.4) is 0 Å². The van der Waals surface area contributed by atoms with Gasteiger partial charge in [0.15, 0.2) is 17.6 Å². The number of rotatable bonds is 6. The predicted molar refractivity (Wildman–Crippen MR) is 70.0 cm³/mol. The van der Waals surface area contributed by atoms with Crippen LogP contribution < -0.4 is 9.47 Å². The summed E-state index contributed by atoms with van der Waals surface area (Å²) in [4.78, 5) is 0. The van der Waals surface area contributed by atoms with Crippen LogP contribution >= 0.6 is 11.3 Å². The normalized spacial score (nSPS) is 19.2. The zero-order chi connectivity index (χ0) is 20.9. The Morgan fingerprint density at radius 3 is 2.11 bits per heavy atom. The summed E-state index contributed by atoms with van der Waals surface area (Å²) in [6, 6.07) is 0. The molecule has 1 aromatic rings. The molecular formula is C11H7F9O5S2. The van der Waals surface area contributed by atoms with Crippen LogP contribution in [0, 0.1) is 0 Å². The van der Waals surface area contributed by atoms with E-state index in [4.69, 9.17) is 9.47 Å². The summed E-state index contributed by atoms with van der Waals surface area (Å²) in [5.41, 5.74) is 0. The third kappa shape index (κ3) is 3.53. The van der Waals surface area contributed by atoms with E-state index in [-0.39, 0.29) is 11.5 Å². The number of fused-ring (bicyclic) bond motifs is 1. The highest BCUT2D eigenvalue weighted by Gasteiger charge is 2.85. The van der Waals surface area contributed by atoms with Crippen molar-refractivity contribution in [3.8, 4) is 11.5 Å². The van der Waals surface area contributed by atoms with Crippen LogP contribution in [-0.4, -0.2) is 51.0 Å². The minimum absolute atomic E-state index is 0.0398. The Balaban J connectivity index is 2.17. The number of alkyl halides is 9. The number of thiophene rings is 1. The number of ether oxygens (including phenoxy) is 2. The Morgan fingerprint density at radius 2 is 1.56 bits per heavy atom. The van der Waals surface area contributed by atoms with Gasteiger partial charge in [0.2, 0.25) is 0 Å². The molecule has 2 rings (SSSR count). The van der Waals surface area contributed by atoms with E-state index >= 15 is 0 Å². The molecular weight excluding hydrogens is 447 g/mol. The molecule has 0 amide bonds. The van der Waals surface area contributed by atoms with Gasteiger partial charge >= 0.3 is 33.4 Å². The summed E-state index contributed by atoms with van der Waals surface area (Å²) in [6.07, 6.45) is -8.58. The predicted octanol–water partition coefficient (Wildman–Crippen LogP) is 3.66. The smallest absolute Gasteiger partial charge is 0.460 e. The topological polar surface area (TPSA) is 61.8 Å². The highest BCUT2D eigenvalue weighted by molar-refractivity contribution is 7.87. The fraction of sp³-hybridized carbons (Fsp3) is 0.636. The maximum atomic E-state index is 13.4. The summed E-state index contributed by atoms with van der Waals surface area (Å²) in [5.74, 6) is -14.4. The van der Waals surface area contributed by atoms with Crippen molar-refractivity contribution in [1.29, 1.82) is 0 Å². The molecule has 0 aromatic carbocycles. The Morgan fingerprint density at radius 1 is 1.00 bits per heavy atom. The molecule has 0 radical (unpaired) electrons. The monoisotopic (exact) mass is 454 g/mol. The maximum absolute atomic E-state index is 13.4. The van der Waals surface area contributed by atoms with E-state index in [1.807, 2.05) is 0 Å². The van der Waals surface area contributed by atoms with Crippen molar-refractivity contribution in [1.82, 2.24) is 0 Å². The molecule has 0 aliphatic carbocycles. The Hall–Kier alpha value is -1.42. The number of halogens is 9. The molecule has 1 aliphatic heterocycles. The van der Waals surface area contributed by atoms with Crippen molar-refractivity contribution >= 4 is 21.5 Å². The first kappa shape index (κ1) is 21.9. The molecule has 1 atom stereocenters. The van der Waals surface area contributed by atoms with E-state index in [0.29, 0.717) is 0 Å². The fourth-order valence-corrected chi connectivity index (χ4v) is 3.29. The first-order valence-corrected chi connectivity index (χ1v) is 8.84. The summed E-state index contributed by atoms with van der Waals surface area (Å²) in [6.45, 7) is -1.89. The molecule has 1 aromatic heterocycles. The van der Waals surface area contributed by atoms with E-state index in [1.54, 1.807) is 0 Å². The molecule has 0 N–H and O–H groups in total. The number of hydrogen-bond donors (Lipinski definition) is 0. The molecule has 1 unspecified atom stereocenters. The van der Waals surface area contributed by atoms with Crippen LogP contribution in [0.15, 0.2) is 10.8 Å². The van der Waals surface area contributed by atoms with E-state index in [2.05, 4.69) is 4.18 Å². The molecule has 0 spiro atoms. The zero-order valence-corrected chi connectivity index (χ0v) is 14.0. The minimum atomic E-state index is -7.35. The van der Waals surface area contributed by atoms with Crippen molar-refractivity contribution < 1.29 is 61.6 Å². The zero-order valence-electron chi connectivity index (χ0n) is 12.4. The van der Waals surface area contributed by atoms with Gasteiger partial charge in [0, 0.05) is 10.8 Å². The second-order valence-electron chi connectivity index (χ2n) is 5.05. The first-order valence-electron chi connectivity index (χ1n) is 6.49. The van der Waals surface area contributed by atoms with E-state index in [1.165, 1.54) is 10.8 Å². The molecule has 1 aliphatic rings. The lowest BCUT2D eigenvalue weighted by Gasteiger charge is -2.33. The SMILES string of the molecule is O=S(=O)(OCC1COc2cscc2O1)C(F)(F)C(F)(F)C(F)(F)C(F)(F)F. The van der Waals surface area contributed by atoms with Crippen LogP contribution in [0.2, 0.25) is 0 Å². The Bertz CT molecular complexity index is 786. The van der Waals surface area contributed by atoms with Gasteiger partial charge in [-0.15, -0.1) is 11.3 Å². The molecule has 156 valence electrons. The van der Waals surface area contributed by atoms with Crippen molar-refractivity contribution in [3.05, 3.63) is 10.8 Å². The summed E-state index contributed by atoms with van der Waals surface area (Å²) >= 11 is 1.08. The lowest BCUT2D eigenvalue weighted by atomic mass is 10.1. The average Bonchev–Trinajstić information content (AvgIpc) is 2.99. The van der Waals surface area contributed by atoms with E-state index < -0.39 is 52.7 Å². The highest BCUT2D eigenvalue weighted by atomic mass is 32.2. The molecule has 27 heavy (non-hydrogen) atoms. The maximum Gasteiger partial charge on any atom is 0.460 e. The van der Waals surface area contributed by atoms with Crippen LogP contribution in [0.1, 0.15) is 0 Å². The van der Waals surface area contributed by atoms with E-state index in [9.17, 15) is 47.9 Å². The van der Waals surface area contributed by atoms with Gasteiger partial charge in [-0.25, -0.2) is 0 Å². The molecule has 0 bridgehead atoms. The summed E-state index contributed by atoms with van der Waals surface area (Å²) in [7, 11) is -6.92. The molecule has 2 heterocycles. The lowest BCUT2D eigenvalue weighted by molar-refractivity contribution is -0.382. The van der Waals surface area contributed by atoms with Crippen molar-refractivity contribution in [2.45, 2.75) is 29.4 Å². The molecule has 0 saturated heterocycles. The summed E-state index contributed by atoms with van der Waals surface area (Å²) in [5, 5.41) is -4.10. The third-order valence-corrected chi connectivity index (χ3v) is 5.18. The molecule has 16 heteroatoms. The van der Waals surface area contributed by atoms with Gasteiger partial charge < -0.3 is 9.47 Å².